The molecule has 0 spiro atoms. The number of nitrogens with zero attached hydrogens (tertiary/aromatic N) is 3. The molecule has 142 valence electrons. The Morgan fingerprint density at radius 2 is 1.59 bits per heavy atom. The molecule has 0 N–H and O–H groups in total. The van der Waals surface area contributed by atoms with Gasteiger partial charge in [-0.15, -0.1) is 0 Å². The molecule has 1 unspecified atom stereocenters. The third-order valence-electron chi connectivity index (χ3n) is 5.80. The van der Waals surface area contributed by atoms with Crippen LogP contribution in [0.1, 0.15) is 28.3 Å². The molecule has 4 rings (SSSR count). The van der Waals surface area contributed by atoms with E-state index in [0.29, 0.717) is 12.5 Å². The number of likely N-dealkylation sites (tertiary alicyclic amines) is 1. The average Bonchev–Trinajstić information content (AvgIpc) is 3.19. The van der Waals surface area contributed by atoms with Crippen molar-refractivity contribution in [1.82, 2.24) is 9.80 Å². The van der Waals surface area contributed by atoms with Crippen LogP contribution in [0.2, 0.25) is 0 Å². The molecule has 2 saturated heterocycles. The maximum atomic E-state index is 13.1. The highest BCUT2D eigenvalue weighted by Crippen LogP contribution is 2.28. The molecule has 0 aliphatic carbocycles. The molecule has 0 radical (unpaired) electrons. The number of halogens is 1. The van der Waals surface area contributed by atoms with Crippen LogP contribution in [-0.2, 0) is 0 Å². The summed E-state index contributed by atoms with van der Waals surface area (Å²) in [7, 11) is 2.15. The van der Waals surface area contributed by atoms with Gasteiger partial charge < -0.3 is 14.7 Å². The second kappa shape index (κ2) is 7.69. The molecule has 0 bridgehead atoms. The van der Waals surface area contributed by atoms with Gasteiger partial charge >= 0.3 is 0 Å². The minimum atomic E-state index is -0.217. The normalized spacial score (nSPS) is 20.9. The molecule has 27 heavy (non-hydrogen) atoms. The fraction of sp³-hybridized carbons (Fsp3) is 0.409. The van der Waals surface area contributed by atoms with Crippen molar-refractivity contribution >= 4 is 11.6 Å². The van der Waals surface area contributed by atoms with Crippen LogP contribution in [0.25, 0.3) is 0 Å². The van der Waals surface area contributed by atoms with Crippen LogP contribution in [0.15, 0.2) is 48.5 Å². The molecule has 2 fully saturated rings. The molecule has 2 aromatic rings. The molecule has 1 atom stereocenters. The molecule has 2 aliphatic rings. The highest BCUT2D eigenvalue weighted by Gasteiger charge is 2.28. The number of benzene rings is 2. The predicted molar refractivity (Wildman–Crippen MR) is 106 cm³/mol. The van der Waals surface area contributed by atoms with Crippen LogP contribution in [0.3, 0.4) is 0 Å². The second-order valence-corrected chi connectivity index (χ2v) is 7.63. The van der Waals surface area contributed by atoms with Crippen molar-refractivity contribution in [2.24, 2.45) is 0 Å². The number of carbonyl (C=O) groups is 1. The Bertz CT molecular complexity index is 782. The Morgan fingerprint density at radius 3 is 2.26 bits per heavy atom. The van der Waals surface area contributed by atoms with Gasteiger partial charge in [0.05, 0.1) is 0 Å². The van der Waals surface area contributed by atoms with Gasteiger partial charge in [0.1, 0.15) is 5.82 Å². The number of likely N-dealkylation sites (N-methyl/N-ethyl adjacent to an activating group) is 1. The first kappa shape index (κ1) is 18.0. The minimum Gasteiger partial charge on any atom is -0.369 e. The van der Waals surface area contributed by atoms with E-state index in [2.05, 4.69) is 29.0 Å². The summed E-state index contributed by atoms with van der Waals surface area (Å²) in [4.78, 5) is 19.5. The van der Waals surface area contributed by atoms with E-state index in [1.807, 2.05) is 29.2 Å². The quantitative estimate of drug-likeness (QED) is 0.834. The molecular formula is C22H26FN3O. The molecule has 0 saturated carbocycles. The lowest BCUT2D eigenvalue weighted by Gasteiger charge is -2.34. The second-order valence-electron chi connectivity index (χ2n) is 7.63. The van der Waals surface area contributed by atoms with E-state index in [9.17, 15) is 9.18 Å². The Hall–Kier alpha value is -2.40. The SMILES string of the molecule is CN1CCN(c2ccc(C(=O)N3CCC(c4ccc(F)cc4)C3)cc2)CC1. The molecule has 4 nitrogen and oxygen atoms in total. The zero-order valence-corrected chi connectivity index (χ0v) is 15.8. The number of hydrogen-bond donors (Lipinski definition) is 0. The number of amides is 1. The lowest BCUT2D eigenvalue weighted by atomic mass is 9.98. The van der Waals surface area contributed by atoms with E-state index in [1.165, 1.54) is 17.8 Å². The van der Waals surface area contributed by atoms with Gasteiger partial charge in [-0.3, -0.25) is 4.79 Å². The van der Waals surface area contributed by atoms with Crippen molar-refractivity contribution in [2.75, 3.05) is 51.2 Å². The average molecular weight is 367 g/mol. The fourth-order valence-corrected chi connectivity index (χ4v) is 4.01. The predicted octanol–water partition coefficient (Wildman–Crippen LogP) is 3.21. The molecular weight excluding hydrogens is 341 g/mol. The third-order valence-corrected chi connectivity index (χ3v) is 5.80. The number of piperazine rings is 1. The lowest BCUT2D eigenvalue weighted by molar-refractivity contribution is 0.0791. The lowest BCUT2D eigenvalue weighted by Crippen LogP contribution is -2.44. The van der Waals surface area contributed by atoms with E-state index in [1.54, 1.807) is 0 Å². The van der Waals surface area contributed by atoms with Crippen LogP contribution < -0.4 is 4.90 Å². The van der Waals surface area contributed by atoms with E-state index in [4.69, 9.17) is 0 Å². The van der Waals surface area contributed by atoms with Crippen LogP contribution in [0.5, 0.6) is 0 Å². The first-order valence-corrected chi connectivity index (χ1v) is 9.68. The Kier molecular flexibility index (Phi) is 5.12. The maximum Gasteiger partial charge on any atom is 0.253 e. The topological polar surface area (TPSA) is 26.8 Å². The van der Waals surface area contributed by atoms with Gasteiger partial charge in [-0.2, -0.15) is 0 Å². The summed E-state index contributed by atoms with van der Waals surface area (Å²) < 4.78 is 13.1. The third kappa shape index (κ3) is 3.98. The highest BCUT2D eigenvalue weighted by molar-refractivity contribution is 5.94. The molecule has 2 aliphatic heterocycles. The molecule has 2 aromatic carbocycles. The van der Waals surface area contributed by atoms with E-state index < -0.39 is 0 Å². The van der Waals surface area contributed by atoms with Gasteiger partial charge in [0, 0.05) is 56.4 Å². The standard InChI is InChI=1S/C22H26FN3O/c1-24-12-14-25(15-13-24)21-8-4-18(5-9-21)22(27)26-11-10-19(16-26)17-2-6-20(23)7-3-17/h2-9,19H,10-16H2,1H3. The van der Waals surface area contributed by atoms with Crippen LogP contribution in [-0.4, -0.2) is 62.0 Å². The van der Waals surface area contributed by atoms with E-state index in [0.717, 1.165) is 50.3 Å². The van der Waals surface area contributed by atoms with Gasteiger partial charge in [0.15, 0.2) is 0 Å². The Balaban J connectivity index is 1.39. The zero-order valence-electron chi connectivity index (χ0n) is 15.8. The molecule has 5 heteroatoms. The molecule has 2 heterocycles. The van der Waals surface area contributed by atoms with Gasteiger partial charge in [-0.05, 0) is 55.4 Å². The van der Waals surface area contributed by atoms with E-state index >= 15 is 0 Å². The van der Waals surface area contributed by atoms with Crippen molar-refractivity contribution in [3.63, 3.8) is 0 Å². The summed E-state index contributed by atoms with van der Waals surface area (Å²) >= 11 is 0. The van der Waals surface area contributed by atoms with Crippen LogP contribution in [0.4, 0.5) is 10.1 Å². The summed E-state index contributed by atoms with van der Waals surface area (Å²) in [5, 5.41) is 0. The monoisotopic (exact) mass is 367 g/mol. The fourth-order valence-electron chi connectivity index (χ4n) is 4.01. The first-order chi connectivity index (χ1) is 13.1. The van der Waals surface area contributed by atoms with Gasteiger partial charge in [0.2, 0.25) is 0 Å². The molecule has 0 aromatic heterocycles. The number of rotatable bonds is 3. The van der Waals surface area contributed by atoms with Crippen molar-refractivity contribution in [2.45, 2.75) is 12.3 Å². The minimum absolute atomic E-state index is 0.0875. The summed E-state index contributed by atoms with van der Waals surface area (Å²) in [6.07, 6.45) is 0.927. The molecule has 1 amide bonds. The summed E-state index contributed by atoms with van der Waals surface area (Å²) in [6.45, 7) is 5.63. The largest absolute Gasteiger partial charge is 0.369 e. The van der Waals surface area contributed by atoms with Gasteiger partial charge in [-0.1, -0.05) is 12.1 Å². The summed E-state index contributed by atoms with van der Waals surface area (Å²) in [6, 6.07) is 14.7. The van der Waals surface area contributed by atoms with Gasteiger partial charge in [0.25, 0.3) is 5.91 Å². The Morgan fingerprint density at radius 1 is 0.926 bits per heavy atom. The van der Waals surface area contributed by atoms with Crippen molar-refractivity contribution in [1.29, 1.82) is 0 Å². The van der Waals surface area contributed by atoms with Crippen molar-refractivity contribution < 1.29 is 9.18 Å². The number of hydrogen-bond acceptors (Lipinski definition) is 3. The maximum absolute atomic E-state index is 13.1. The number of carbonyl (C=O) groups excluding carboxylic acids is 1. The zero-order chi connectivity index (χ0) is 18.8. The summed E-state index contributed by atoms with van der Waals surface area (Å²) in [5.41, 5.74) is 3.04. The smallest absolute Gasteiger partial charge is 0.253 e. The van der Waals surface area contributed by atoms with Crippen molar-refractivity contribution in [3.05, 3.63) is 65.5 Å². The van der Waals surface area contributed by atoms with Crippen LogP contribution >= 0.6 is 0 Å². The summed E-state index contributed by atoms with van der Waals surface area (Å²) in [5.74, 6) is 0.161. The highest BCUT2D eigenvalue weighted by atomic mass is 19.1. The van der Waals surface area contributed by atoms with Gasteiger partial charge in [-0.25, -0.2) is 4.39 Å². The van der Waals surface area contributed by atoms with Crippen molar-refractivity contribution in [3.8, 4) is 0 Å². The van der Waals surface area contributed by atoms with Crippen LogP contribution in [0, 0.1) is 5.82 Å². The van der Waals surface area contributed by atoms with E-state index in [-0.39, 0.29) is 11.7 Å². The number of anilines is 1. The Labute approximate surface area is 160 Å². The first-order valence-electron chi connectivity index (χ1n) is 9.68.